The van der Waals surface area contributed by atoms with Crippen molar-refractivity contribution in [3.63, 3.8) is 0 Å². The number of pyridine rings is 1. The number of halogens is 4. The Labute approximate surface area is 83.3 Å². The van der Waals surface area contributed by atoms with E-state index in [2.05, 4.69) is 4.98 Å². The summed E-state index contributed by atoms with van der Waals surface area (Å²) in [4.78, 5) is 3.49. The van der Waals surface area contributed by atoms with Crippen LogP contribution in [0.25, 0.3) is 0 Å². The standard InChI is InChI=1S/C7H7ClF3N3/c1-14(12)6-5(7(9,10)11)2-4(8)3-13-6/h2-3H,12H2,1H3. The largest absolute Gasteiger partial charge is 0.420 e. The van der Waals surface area contributed by atoms with Crippen molar-refractivity contribution in [2.75, 3.05) is 12.1 Å². The third-order valence-corrected chi connectivity index (χ3v) is 1.68. The Bertz CT molecular complexity index is 337. The van der Waals surface area contributed by atoms with Gasteiger partial charge in [0, 0.05) is 13.2 Å². The van der Waals surface area contributed by atoms with Crippen LogP contribution in [0.2, 0.25) is 5.02 Å². The second kappa shape index (κ2) is 3.62. The molecule has 0 atom stereocenters. The lowest BCUT2D eigenvalue weighted by Gasteiger charge is -2.17. The Morgan fingerprint density at radius 1 is 1.50 bits per heavy atom. The van der Waals surface area contributed by atoms with Gasteiger partial charge in [0.25, 0.3) is 0 Å². The third-order valence-electron chi connectivity index (χ3n) is 1.47. The summed E-state index contributed by atoms with van der Waals surface area (Å²) in [5.41, 5.74) is -0.949. The Balaban J connectivity index is 3.30. The molecule has 0 radical (unpaired) electrons. The first-order valence-corrected chi connectivity index (χ1v) is 3.91. The molecule has 0 aliphatic rings. The lowest BCUT2D eigenvalue weighted by molar-refractivity contribution is -0.137. The molecule has 1 aromatic rings. The van der Waals surface area contributed by atoms with Crippen molar-refractivity contribution in [1.29, 1.82) is 0 Å². The Hall–Kier alpha value is -1.01. The number of aromatic nitrogens is 1. The average molecular weight is 226 g/mol. The fourth-order valence-corrected chi connectivity index (χ4v) is 1.08. The van der Waals surface area contributed by atoms with Gasteiger partial charge in [0.15, 0.2) is 5.82 Å². The fourth-order valence-electron chi connectivity index (χ4n) is 0.922. The lowest BCUT2D eigenvalue weighted by atomic mass is 10.2. The minimum Gasteiger partial charge on any atom is -0.297 e. The van der Waals surface area contributed by atoms with Crippen molar-refractivity contribution in [3.8, 4) is 0 Å². The molecule has 0 unspecified atom stereocenters. The first kappa shape index (κ1) is 11.1. The highest BCUT2D eigenvalue weighted by molar-refractivity contribution is 6.30. The molecule has 0 fully saturated rings. The van der Waals surface area contributed by atoms with Gasteiger partial charge in [-0.2, -0.15) is 13.2 Å². The molecular formula is C7H7ClF3N3. The van der Waals surface area contributed by atoms with E-state index in [1.807, 2.05) is 0 Å². The summed E-state index contributed by atoms with van der Waals surface area (Å²) in [5, 5.41) is 0.710. The normalized spacial score (nSPS) is 11.6. The molecule has 14 heavy (non-hydrogen) atoms. The smallest absolute Gasteiger partial charge is 0.297 e. The van der Waals surface area contributed by atoms with Gasteiger partial charge in [0.1, 0.15) is 5.56 Å². The molecule has 1 heterocycles. The van der Waals surface area contributed by atoms with E-state index in [0.29, 0.717) is 0 Å². The maximum atomic E-state index is 12.4. The number of nitrogens with two attached hydrogens (primary N) is 1. The van der Waals surface area contributed by atoms with Gasteiger partial charge in [-0.15, -0.1) is 0 Å². The molecule has 0 aromatic carbocycles. The highest BCUT2D eigenvalue weighted by atomic mass is 35.5. The van der Waals surface area contributed by atoms with Crippen molar-refractivity contribution < 1.29 is 13.2 Å². The second-order valence-electron chi connectivity index (χ2n) is 2.63. The molecule has 1 aromatic heterocycles. The van der Waals surface area contributed by atoms with Crippen molar-refractivity contribution in [2.45, 2.75) is 6.18 Å². The Morgan fingerprint density at radius 2 is 2.07 bits per heavy atom. The highest BCUT2D eigenvalue weighted by Crippen LogP contribution is 2.35. The molecule has 1 rings (SSSR count). The molecule has 0 aliphatic carbocycles. The molecule has 0 aliphatic heterocycles. The van der Waals surface area contributed by atoms with Gasteiger partial charge in [0.05, 0.1) is 5.02 Å². The molecule has 0 saturated heterocycles. The quantitative estimate of drug-likeness (QED) is 0.588. The molecule has 2 N–H and O–H groups in total. The van der Waals surface area contributed by atoms with Crippen LogP contribution in [0.5, 0.6) is 0 Å². The van der Waals surface area contributed by atoms with E-state index in [9.17, 15) is 13.2 Å². The van der Waals surface area contributed by atoms with Crippen LogP contribution in [0.3, 0.4) is 0 Å². The van der Waals surface area contributed by atoms with E-state index in [1.165, 1.54) is 7.05 Å². The number of hydrogen-bond acceptors (Lipinski definition) is 3. The van der Waals surface area contributed by atoms with Crippen LogP contribution < -0.4 is 10.9 Å². The van der Waals surface area contributed by atoms with Crippen molar-refractivity contribution in [2.24, 2.45) is 5.84 Å². The van der Waals surface area contributed by atoms with Crippen LogP contribution in [0.4, 0.5) is 19.0 Å². The van der Waals surface area contributed by atoms with Gasteiger partial charge < -0.3 is 0 Å². The molecule has 0 spiro atoms. The first-order valence-electron chi connectivity index (χ1n) is 3.53. The van der Waals surface area contributed by atoms with E-state index < -0.39 is 11.7 Å². The van der Waals surface area contributed by atoms with E-state index >= 15 is 0 Å². The molecule has 3 nitrogen and oxygen atoms in total. The number of hydrogen-bond donors (Lipinski definition) is 1. The minimum atomic E-state index is -4.51. The summed E-state index contributed by atoms with van der Waals surface area (Å²) in [6, 6.07) is 0.785. The summed E-state index contributed by atoms with van der Waals surface area (Å²) in [6.07, 6.45) is -3.41. The highest BCUT2D eigenvalue weighted by Gasteiger charge is 2.35. The second-order valence-corrected chi connectivity index (χ2v) is 3.07. The SMILES string of the molecule is CN(N)c1ncc(Cl)cc1C(F)(F)F. The lowest BCUT2D eigenvalue weighted by Crippen LogP contribution is -2.29. The summed E-state index contributed by atoms with van der Waals surface area (Å²) in [6.45, 7) is 0. The fraction of sp³-hybridized carbons (Fsp3) is 0.286. The Kier molecular flexibility index (Phi) is 2.86. The van der Waals surface area contributed by atoms with Gasteiger partial charge >= 0.3 is 6.18 Å². The average Bonchev–Trinajstić information content (AvgIpc) is 2.01. The number of anilines is 1. The van der Waals surface area contributed by atoms with Gasteiger partial charge in [-0.05, 0) is 6.07 Å². The van der Waals surface area contributed by atoms with E-state index in [0.717, 1.165) is 17.3 Å². The molecular weight excluding hydrogens is 219 g/mol. The number of alkyl halides is 3. The van der Waals surface area contributed by atoms with Crippen LogP contribution in [0.15, 0.2) is 12.3 Å². The topological polar surface area (TPSA) is 42.1 Å². The molecule has 0 saturated carbocycles. The predicted molar refractivity (Wildman–Crippen MR) is 46.8 cm³/mol. The maximum absolute atomic E-state index is 12.4. The van der Waals surface area contributed by atoms with E-state index in [1.54, 1.807) is 0 Å². The third kappa shape index (κ3) is 2.27. The summed E-state index contributed by atoms with van der Waals surface area (Å²) >= 11 is 5.41. The monoisotopic (exact) mass is 225 g/mol. The first-order chi connectivity index (χ1) is 6.32. The van der Waals surface area contributed by atoms with Gasteiger partial charge in [-0.3, -0.25) is 5.01 Å². The zero-order valence-corrected chi connectivity index (χ0v) is 7.89. The minimum absolute atomic E-state index is 0.0806. The molecule has 0 bridgehead atoms. The van der Waals surface area contributed by atoms with E-state index in [4.69, 9.17) is 17.4 Å². The number of nitrogens with zero attached hydrogens (tertiary/aromatic N) is 2. The van der Waals surface area contributed by atoms with E-state index in [-0.39, 0.29) is 10.8 Å². The van der Waals surface area contributed by atoms with Gasteiger partial charge in [-0.1, -0.05) is 11.6 Å². The van der Waals surface area contributed by atoms with Gasteiger partial charge in [0.2, 0.25) is 0 Å². The van der Waals surface area contributed by atoms with Crippen molar-refractivity contribution in [3.05, 3.63) is 22.8 Å². The summed E-state index contributed by atoms with van der Waals surface area (Å²) in [7, 11) is 1.27. The van der Waals surface area contributed by atoms with Crippen LogP contribution in [-0.2, 0) is 6.18 Å². The zero-order valence-electron chi connectivity index (χ0n) is 7.14. The van der Waals surface area contributed by atoms with Crippen LogP contribution >= 0.6 is 11.6 Å². The van der Waals surface area contributed by atoms with Crippen LogP contribution in [0, 0.1) is 0 Å². The molecule has 0 amide bonds. The van der Waals surface area contributed by atoms with Gasteiger partial charge in [-0.25, -0.2) is 10.8 Å². The molecule has 7 heteroatoms. The number of hydrazine groups is 1. The predicted octanol–water partition coefficient (Wildman–Crippen LogP) is 2.06. The van der Waals surface area contributed by atoms with Crippen LogP contribution in [0.1, 0.15) is 5.56 Å². The van der Waals surface area contributed by atoms with Crippen molar-refractivity contribution in [1.82, 2.24) is 4.98 Å². The Morgan fingerprint density at radius 3 is 2.50 bits per heavy atom. The summed E-state index contributed by atoms with van der Waals surface area (Å²) in [5.74, 6) is 4.83. The number of rotatable bonds is 1. The molecule has 78 valence electrons. The van der Waals surface area contributed by atoms with Crippen molar-refractivity contribution >= 4 is 17.4 Å². The maximum Gasteiger partial charge on any atom is 0.420 e. The summed E-state index contributed by atoms with van der Waals surface area (Å²) < 4.78 is 37.2. The zero-order chi connectivity index (χ0) is 10.9. The van der Waals surface area contributed by atoms with Crippen LogP contribution in [-0.4, -0.2) is 12.0 Å².